The number of benzene rings is 1. The molecule has 0 radical (unpaired) electrons. The molecule has 4 nitrogen and oxygen atoms in total. The highest BCUT2D eigenvalue weighted by Crippen LogP contribution is 2.22. The number of carbonyl (C=O) groups is 1. The fourth-order valence-electron chi connectivity index (χ4n) is 1.61. The molecule has 1 aromatic rings. The Morgan fingerprint density at radius 3 is 2.72 bits per heavy atom. The number of aliphatic hydroxyl groups is 1. The van der Waals surface area contributed by atoms with Gasteiger partial charge in [-0.25, -0.2) is 4.39 Å². The van der Waals surface area contributed by atoms with Crippen LogP contribution in [0.2, 0.25) is 0 Å². The van der Waals surface area contributed by atoms with Crippen LogP contribution in [0.4, 0.5) is 4.39 Å². The molecule has 1 aromatic carbocycles. The predicted molar refractivity (Wildman–Crippen MR) is 66.2 cm³/mol. The summed E-state index contributed by atoms with van der Waals surface area (Å²) in [6, 6.07) is 4.21. The molecule has 0 fully saturated rings. The summed E-state index contributed by atoms with van der Waals surface area (Å²) in [5, 5.41) is 11.6. The minimum atomic E-state index is -0.633. The van der Waals surface area contributed by atoms with Gasteiger partial charge in [0.05, 0.1) is 7.11 Å². The third-order valence-corrected chi connectivity index (χ3v) is 2.61. The number of amides is 1. The van der Waals surface area contributed by atoms with Crippen LogP contribution < -0.4 is 10.1 Å². The average Bonchev–Trinajstić information content (AvgIpc) is 2.27. The lowest BCUT2D eigenvalue weighted by Gasteiger charge is -2.25. The maximum Gasteiger partial charge on any atom is 0.258 e. The van der Waals surface area contributed by atoms with Gasteiger partial charge in [-0.1, -0.05) is 6.07 Å². The number of rotatable bonds is 5. The van der Waals surface area contributed by atoms with E-state index in [1.807, 2.05) is 0 Å². The van der Waals surface area contributed by atoms with Crippen molar-refractivity contribution in [3.63, 3.8) is 0 Å². The van der Waals surface area contributed by atoms with E-state index in [4.69, 9.17) is 9.84 Å². The highest BCUT2D eigenvalue weighted by molar-refractivity contribution is 5.97. The van der Waals surface area contributed by atoms with Crippen molar-refractivity contribution in [1.29, 1.82) is 0 Å². The fraction of sp³-hybridized carbons (Fsp3) is 0.462. The van der Waals surface area contributed by atoms with Crippen molar-refractivity contribution >= 4 is 5.91 Å². The van der Waals surface area contributed by atoms with E-state index >= 15 is 0 Å². The first-order chi connectivity index (χ1) is 8.41. The molecule has 18 heavy (non-hydrogen) atoms. The van der Waals surface area contributed by atoms with Crippen LogP contribution in [0.3, 0.4) is 0 Å². The number of halogens is 1. The Balaban J connectivity index is 2.97. The van der Waals surface area contributed by atoms with Gasteiger partial charge < -0.3 is 15.2 Å². The van der Waals surface area contributed by atoms with Gasteiger partial charge in [0, 0.05) is 12.1 Å². The first-order valence-electron chi connectivity index (χ1n) is 5.67. The maximum atomic E-state index is 13.7. The Labute approximate surface area is 106 Å². The number of hydrogen-bond acceptors (Lipinski definition) is 3. The average molecular weight is 255 g/mol. The summed E-state index contributed by atoms with van der Waals surface area (Å²) in [6.45, 7) is 3.46. The number of ether oxygens (including phenoxy) is 1. The first-order valence-corrected chi connectivity index (χ1v) is 5.67. The van der Waals surface area contributed by atoms with E-state index in [1.54, 1.807) is 13.8 Å². The van der Waals surface area contributed by atoms with Crippen LogP contribution in [0.1, 0.15) is 30.6 Å². The summed E-state index contributed by atoms with van der Waals surface area (Å²) in [5.41, 5.74) is -0.731. The summed E-state index contributed by atoms with van der Waals surface area (Å²) in [6.07, 6.45) is 0.384. The van der Waals surface area contributed by atoms with Crippen LogP contribution in [0.15, 0.2) is 18.2 Å². The zero-order chi connectivity index (χ0) is 13.8. The normalized spacial score (nSPS) is 11.2. The SMILES string of the molecule is COc1cccc(F)c1C(=O)NC(C)(C)CCO. The Kier molecular flexibility index (Phi) is 4.67. The van der Waals surface area contributed by atoms with Crippen LogP contribution in [0, 0.1) is 5.82 Å². The second-order valence-corrected chi connectivity index (χ2v) is 4.63. The summed E-state index contributed by atoms with van der Waals surface area (Å²) in [5.74, 6) is -0.998. The van der Waals surface area contributed by atoms with Gasteiger partial charge in [0.15, 0.2) is 0 Å². The Bertz CT molecular complexity index is 432. The minimum Gasteiger partial charge on any atom is -0.496 e. The molecule has 0 atom stereocenters. The van der Waals surface area contributed by atoms with Gasteiger partial charge in [0.25, 0.3) is 5.91 Å². The Hall–Kier alpha value is -1.62. The largest absolute Gasteiger partial charge is 0.496 e. The van der Waals surface area contributed by atoms with Gasteiger partial charge in [-0.3, -0.25) is 4.79 Å². The first kappa shape index (κ1) is 14.4. The predicted octanol–water partition coefficient (Wildman–Crippen LogP) is 1.73. The summed E-state index contributed by atoms with van der Waals surface area (Å²) in [7, 11) is 1.38. The zero-order valence-electron chi connectivity index (χ0n) is 10.8. The lowest BCUT2D eigenvalue weighted by Crippen LogP contribution is -2.44. The molecule has 100 valence electrons. The van der Waals surface area contributed by atoms with Crippen LogP contribution in [0.25, 0.3) is 0 Å². The molecule has 1 rings (SSSR count). The van der Waals surface area contributed by atoms with E-state index in [0.717, 1.165) is 0 Å². The molecule has 5 heteroatoms. The molecule has 0 saturated carbocycles. The molecule has 0 saturated heterocycles. The van der Waals surface area contributed by atoms with E-state index in [-0.39, 0.29) is 17.9 Å². The molecule has 0 aliphatic heterocycles. The van der Waals surface area contributed by atoms with Gasteiger partial charge in [0.2, 0.25) is 0 Å². The minimum absolute atomic E-state index is 0.0539. The molecular formula is C13H18FNO3. The number of hydrogen-bond donors (Lipinski definition) is 2. The van der Waals surface area contributed by atoms with Crippen molar-refractivity contribution in [2.24, 2.45) is 0 Å². The molecular weight excluding hydrogens is 237 g/mol. The highest BCUT2D eigenvalue weighted by Gasteiger charge is 2.24. The second kappa shape index (κ2) is 5.82. The number of carbonyl (C=O) groups excluding carboxylic acids is 1. The fourth-order valence-corrected chi connectivity index (χ4v) is 1.61. The monoisotopic (exact) mass is 255 g/mol. The van der Waals surface area contributed by atoms with E-state index in [9.17, 15) is 9.18 Å². The molecule has 0 heterocycles. The molecule has 0 spiro atoms. The highest BCUT2D eigenvalue weighted by atomic mass is 19.1. The second-order valence-electron chi connectivity index (χ2n) is 4.63. The number of methoxy groups -OCH3 is 1. The van der Waals surface area contributed by atoms with Gasteiger partial charge in [-0.2, -0.15) is 0 Å². The van der Waals surface area contributed by atoms with Gasteiger partial charge in [-0.05, 0) is 32.4 Å². The third-order valence-electron chi connectivity index (χ3n) is 2.61. The number of aliphatic hydroxyl groups excluding tert-OH is 1. The van der Waals surface area contributed by atoms with Crippen molar-refractivity contribution in [1.82, 2.24) is 5.32 Å². The van der Waals surface area contributed by atoms with Crippen molar-refractivity contribution in [2.45, 2.75) is 25.8 Å². The Morgan fingerprint density at radius 2 is 2.17 bits per heavy atom. The van der Waals surface area contributed by atoms with E-state index in [0.29, 0.717) is 6.42 Å². The van der Waals surface area contributed by atoms with Crippen LogP contribution in [-0.4, -0.2) is 30.3 Å². The molecule has 0 bridgehead atoms. The molecule has 0 unspecified atom stereocenters. The van der Waals surface area contributed by atoms with Crippen molar-refractivity contribution in [3.05, 3.63) is 29.6 Å². The van der Waals surface area contributed by atoms with Crippen LogP contribution in [-0.2, 0) is 0 Å². The molecule has 0 aromatic heterocycles. The summed E-state index contributed by atoms with van der Waals surface area (Å²) < 4.78 is 18.6. The molecule has 0 aliphatic carbocycles. The van der Waals surface area contributed by atoms with E-state index in [1.165, 1.54) is 25.3 Å². The molecule has 2 N–H and O–H groups in total. The lowest BCUT2D eigenvalue weighted by molar-refractivity contribution is 0.0892. The van der Waals surface area contributed by atoms with E-state index < -0.39 is 17.3 Å². The smallest absolute Gasteiger partial charge is 0.258 e. The standard InChI is InChI=1S/C13H18FNO3/c1-13(2,7-8-16)15-12(17)11-9(14)5-4-6-10(11)18-3/h4-6,16H,7-8H2,1-3H3,(H,15,17). The van der Waals surface area contributed by atoms with Crippen molar-refractivity contribution < 1.29 is 19.0 Å². The van der Waals surface area contributed by atoms with Gasteiger partial charge >= 0.3 is 0 Å². The van der Waals surface area contributed by atoms with Gasteiger partial charge in [-0.15, -0.1) is 0 Å². The maximum absolute atomic E-state index is 13.7. The quantitative estimate of drug-likeness (QED) is 0.842. The summed E-state index contributed by atoms with van der Waals surface area (Å²) >= 11 is 0. The zero-order valence-corrected chi connectivity index (χ0v) is 10.8. The molecule has 1 amide bonds. The number of nitrogens with one attached hydrogen (secondary N) is 1. The van der Waals surface area contributed by atoms with Crippen LogP contribution in [0.5, 0.6) is 5.75 Å². The Morgan fingerprint density at radius 1 is 1.50 bits per heavy atom. The molecule has 0 aliphatic rings. The van der Waals surface area contributed by atoms with Gasteiger partial charge in [0.1, 0.15) is 17.1 Å². The topological polar surface area (TPSA) is 58.6 Å². The van der Waals surface area contributed by atoms with Crippen molar-refractivity contribution in [3.8, 4) is 5.75 Å². The van der Waals surface area contributed by atoms with E-state index in [2.05, 4.69) is 5.32 Å². The lowest BCUT2D eigenvalue weighted by atomic mass is 10.0. The third kappa shape index (κ3) is 3.43. The van der Waals surface area contributed by atoms with Crippen molar-refractivity contribution in [2.75, 3.05) is 13.7 Å². The summed E-state index contributed by atoms with van der Waals surface area (Å²) in [4.78, 5) is 12.0. The van der Waals surface area contributed by atoms with Crippen LogP contribution >= 0.6 is 0 Å².